The van der Waals surface area contributed by atoms with Crippen LogP contribution in [-0.2, 0) is 4.74 Å². The molecule has 1 aromatic heterocycles. The van der Waals surface area contributed by atoms with E-state index in [2.05, 4.69) is 52.0 Å². The number of rotatable bonds is 6. The number of likely N-dealkylation sites (tertiary alicyclic amines) is 1. The van der Waals surface area contributed by atoms with Crippen molar-refractivity contribution >= 4 is 11.7 Å². The number of hydrogen-bond donors (Lipinski definition) is 1. The Balaban J connectivity index is 1.53. The van der Waals surface area contributed by atoms with Gasteiger partial charge in [0.2, 0.25) is 0 Å². The fourth-order valence-electron chi connectivity index (χ4n) is 4.21. The van der Waals surface area contributed by atoms with Gasteiger partial charge in [-0.1, -0.05) is 30.3 Å². The van der Waals surface area contributed by atoms with Crippen molar-refractivity contribution in [1.29, 1.82) is 0 Å². The Hall–Kier alpha value is -2.44. The molecule has 0 radical (unpaired) electrons. The largest absolute Gasteiger partial charge is 0.462 e. The maximum Gasteiger partial charge on any atom is 0.293 e. The molecule has 6 nitrogen and oxygen atoms in total. The summed E-state index contributed by atoms with van der Waals surface area (Å²) in [6, 6.07) is 16.1. The number of hydrogen-bond acceptors (Lipinski definition) is 5. The van der Waals surface area contributed by atoms with Crippen molar-refractivity contribution in [2.75, 3.05) is 26.2 Å². The molecular weight excluding hydrogens is 362 g/mol. The normalized spacial score (nSPS) is 23.3. The maximum atomic E-state index is 6.11. The topological polar surface area (TPSA) is 67.0 Å². The number of nitrogens with two attached hydrogens (primary N) is 1. The van der Waals surface area contributed by atoms with E-state index in [1.54, 1.807) is 12.4 Å². The quantitative estimate of drug-likeness (QED) is 0.815. The predicted octanol–water partition coefficient (Wildman–Crippen LogP) is 3.34. The van der Waals surface area contributed by atoms with Gasteiger partial charge in [0, 0.05) is 31.4 Å². The van der Waals surface area contributed by atoms with Gasteiger partial charge in [0.05, 0.1) is 17.9 Å². The first-order valence-electron chi connectivity index (χ1n) is 10.6. The molecule has 1 aromatic carbocycles. The molecule has 2 fully saturated rings. The van der Waals surface area contributed by atoms with Gasteiger partial charge in [0.15, 0.2) is 0 Å². The minimum Gasteiger partial charge on any atom is -0.462 e. The van der Waals surface area contributed by atoms with Gasteiger partial charge in [-0.15, -0.1) is 0 Å². The summed E-state index contributed by atoms with van der Waals surface area (Å²) in [5, 5.41) is 0. The highest BCUT2D eigenvalue weighted by atomic mass is 16.5. The first kappa shape index (κ1) is 19.9. The molecule has 0 saturated carbocycles. The van der Waals surface area contributed by atoms with Crippen molar-refractivity contribution in [2.45, 2.75) is 44.3 Å². The summed E-state index contributed by atoms with van der Waals surface area (Å²) in [7, 11) is 0. The van der Waals surface area contributed by atoms with E-state index in [0.717, 1.165) is 50.6 Å². The Morgan fingerprint density at radius 3 is 2.66 bits per heavy atom. The second-order valence-corrected chi connectivity index (χ2v) is 8.09. The zero-order valence-corrected chi connectivity index (χ0v) is 17.2. The van der Waals surface area contributed by atoms with Crippen LogP contribution in [0.5, 0.6) is 0 Å². The number of benzene rings is 1. The number of ether oxygens (including phenoxy) is 1. The van der Waals surface area contributed by atoms with E-state index in [-0.39, 0.29) is 12.1 Å². The Morgan fingerprint density at radius 1 is 1.17 bits per heavy atom. The molecule has 0 bridgehead atoms. The minimum atomic E-state index is 0.201. The highest BCUT2D eigenvalue weighted by Gasteiger charge is 2.38. The highest BCUT2D eigenvalue weighted by Crippen LogP contribution is 2.34. The lowest BCUT2D eigenvalue weighted by Gasteiger charge is -2.39. The zero-order valence-electron chi connectivity index (χ0n) is 17.2. The molecule has 0 spiro atoms. The molecule has 2 aromatic rings. The number of nitrogens with zero attached hydrogens (tertiary/aromatic N) is 4. The minimum absolute atomic E-state index is 0.201. The van der Waals surface area contributed by atoms with E-state index in [1.165, 1.54) is 5.56 Å². The van der Waals surface area contributed by atoms with Crippen molar-refractivity contribution in [2.24, 2.45) is 10.7 Å². The third-order valence-corrected chi connectivity index (χ3v) is 5.83. The Kier molecular flexibility index (Phi) is 6.42. The van der Waals surface area contributed by atoms with Crippen molar-refractivity contribution in [3.05, 3.63) is 60.4 Å². The van der Waals surface area contributed by atoms with Gasteiger partial charge < -0.3 is 20.3 Å². The molecule has 2 unspecified atom stereocenters. The van der Waals surface area contributed by atoms with Crippen LogP contribution < -0.4 is 5.73 Å². The standard InChI is InChI=1S/C23H31N5O/c1-18(24)9-13-27-14-10-21(11-15-27)28-22(19-6-3-2-4-7-19)17-29-23(28)26-20-8-5-12-25-16-20/h2-8,12,16,18,21-22H,9-11,13-15,17,24H2,1H3. The monoisotopic (exact) mass is 393 g/mol. The average Bonchev–Trinajstić information content (AvgIpc) is 3.17. The highest BCUT2D eigenvalue weighted by molar-refractivity contribution is 5.79. The molecule has 2 aliphatic heterocycles. The van der Waals surface area contributed by atoms with Crippen molar-refractivity contribution < 1.29 is 4.74 Å². The lowest BCUT2D eigenvalue weighted by Crippen LogP contribution is -2.47. The van der Waals surface area contributed by atoms with Crippen LogP contribution in [0.3, 0.4) is 0 Å². The van der Waals surface area contributed by atoms with Crippen molar-refractivity contribution in [3.8, 4) is 0 Å². The van der Waals surface area contributed by atoms with Crippen LogP contribution in [0.25, 0.3) is 0 Å². The summed E-state index contributed by atoms with van der Waals surface area (Å²) in [5.41, 5.74) is 8.05. The summed E-state index contributed by atoms with van der Waals surface area (Å²) in [6.07, 6.45) is 6.82. The molecule has 6 heteroatoms. The predicted molar refractivity (Wildman–Crippen MR) is 116 cm³/mol. The Bertz CT molecular complexity index is 787. The number of amidine groups is 1. The fraction of sp³-hybridized carbons (Fsp3) is 0.478. The first-order valence-corrected chi connectivity index (χ1v) is 10.6. The molecule has 2 saturated heterocycles. The Labute approximate surface area is 173 Å². The number of aliphatic imine (C=N–C) groups is 1. The molecule has 154 valence electrons. The van der Waals surface area contributed by atoms with Crippen LogP contribution in [0.2, 0.25) is 0 Å². The van der Waals surface area contributed by atoms with Crippen LogP contribution in [0.1, 0.15) is 37.8 Å². The van der Waals surface area contributed by atoms with E-state index in [1.807, 2.05) is 12.1 Å². The van der Waals surface area contributed by atoms with Gasteiger partial charge in [0.25, 0.3) is 6.02 Å². The summed E-state index contributed by atoms with van der Waals surface area (Å²) in [4.78, 5) is 13.9. The van der Waals surface area contributed by atoms with E-state index in [0.29, 0.717) is 12.6 Å². The smallest absolute Gasteiger partial charge is 0.293 e. The van der Waals surface area contributed by atoms with Crippen LogP contribution in [0.15, 0.2) is 59.9 Å². The van der Waals surface area contributed by atoms with Crippen LogP contribution in [0, 0.1) is 0 Å². The third-order valence-electron chi connectivity index (χ3n) is 5.83. The molecule has 0 aliphatic carbocycles. The Morgan fingerprint density at radius 2 is 1.97 bits per heavy atom. The van der Waals surface area contributed by atoms with E-state index in [4.69, 9.17) is 15.5 Å². The summed E-state index contributed by atoms with van der Waals surface area (Å²) >= 11 is 0. The molecule has 2 aliphatic rings. The summed E-state index contributed by atoms with van der Waals surface area (Å²) in [6.45, 7) is 5.98. The van der Waals surface area contributed by atoms with E-state index >= 15 is 0 Å². The van der Waals surface area contributed by atoms with E-state index in [9.17, 15) is 0 Å². The number of pyridine rings is 1. The second-order valence-electron chi connectivity index (χ2n) is 8.09. The van der Waals surface area contributed by atoms with Gasteiger partial charge in [0.1, 0.15) is 6.61 Å². The fourth-order valence-corrected chi connectivity index (χ4v) is 4.21. The van der Waals surface area contributed by atoms with Crippen LogP contribution in [0.4, 0.5) is 5.69 Å². The summed E-state index contributed by atoms with van der Waals surface area (Å²) in [5.74, 6) is 0. The first-order chi connectivity index (χ1) is 14.2. The van der Waals surface area contributed by atoms with E-state index < -0.39 is 0 Å². The van der Waals surface area contributed by atoms with Crippen LogP contribution in [-0.4, -0.2) is 59.1 Å². The lowest BCUT2D eigenvalue weighted by molar-refractivity contribution is 0.137. The van der Waals surface area contributed by atoms with Gasteiger partial charge >= 0.3 is 0 Å². The van der Waals surface area contributed by atoms with Gasteiger partial charge in [-0.25, -0.2) is 0 Å². The van der Waals surface area contributed by atoms with Gasteiger partial charge in [-0.05, 0) is 50.4 Å². The van der Waals surface area contributed by atoms with Gasteiger partial charge in [-0.2, -0.15) is 4.99 Å². The number of aromatic nitrogens is 1. The molecular formula is C23H31N5O. The molecule has 3 heterocycles. The molecule has 0 amide bonds. The molecule has 2 atom stereocenters. The van der Waals surface area contributed by atoms with Crippen LogP contribution >= 0.6 is 0 Å². The lowest BCUT2D eigenvalue weighted by atomic mass is 9.99. The third kappa shape index (κ3) is 4.95. The second kappa shape index (κ2) is 9.37. The van der Waals surface area contributed by atoms with Gasteiger partial charge in [-0.3, -0.25) is 4.98 Å². The van der Waals surface area contributed by atoms with Crippen molar-refractivity contribution in [1.82, 2.24) is 14.8 Å². The van der Waals surface area contributed by atoms with Crippen molar-refractivity contribution in [3.63, 3.8) is 0 Å². The summed E-state index contributed by atoms with van der Waals surface area (Å²) < 4.78 is 6.11. The maximum absolute atomic E-state index is 6.11. The number of piperidine rings is 1. The SMILES string of the molecule is CC(N)CCN1CCC(N2C(=Nc3cccnc3)OCC2c2ccccc2)CC1. The molecule has 29 heavy (non-hydrogen) atoms. The zero-order chi connectivity index (χ0) is 20.1. The molecule has 4 rings (SSSR count). The average molecular weight is 394 g/mol. The molecule has 2 N–H and O–H groups in total.